The molecule has 0 aliphatic rings. The summed E-state index contributed by atoms with van der Waals surface area (Å²) < 4.78 is 0. The van der Waals surface area contributed by atoms with Gasteiger partial charge in [0.05, 0.1) is 6.54 Å². The van der Waals surface area contributed by atoms with Gasteiger partial charge >= 0.3 is 5.97 Å². The number of carboxylic acids is 1. The van der Waals surface area contributed by atoms with E-state index in [0.29, 0.717) is 6.54 Å². The van der Waals surface area contributed by atoms with Gasteiger partial charge in [-0.05, 0) is 18.6 Å². The lowest BCUT2D eigenvalue weighted by Gasteiger charge is -2.00. The van der Waals surface area contributed by atoms with Crippen LogP contribution in [-0.2, 0) is 22.6 Å². The molecule has 0 unspecified atom stereocenters. The fourth-order valence-electron chi connectivity index (χ4n) is 1.09. The Hall–Kier alpha value is -1.36. The molecule has 0 saturated heterocycles. The molecule has 5 heteroatoms. The Morgan fingerprint density at radius 3 is 2.60 bits per heavy atom. The molecule has 2 N–H and O–H groups in total. The van der Waals surface area contributed by atoms with Crippen LogP contribution in [0.1, 0.15) is 23.1 Å². The van der Waals surface area contributed by atoms with Crippen LogP contribution in [0.5, 0.6) is 0 Å². The standard InChI is InChI=1S/C10H13NO3S/c1-2-7-3-4-8(15-7)6-11-9(12)5-10(13)14/h3-4H,2,5-6H2,1H3,(H,11,12)(H,13,14). The van der Waals surface area contributed by atoms with Crippen molar-refractivity contribution in [3.63, 3.8) is 0 Å². The van der Waals surface area contributed by atoms with Crippen molar-refractivity contribution in [3.05, 3.63) is 21.9 Å². The fraction of sp³-hybridized carbons (Fsp3) is 0.400. The average molecular weight is 227 g/mol. The number of hydrogen-bond donors (Lipinski definition) is 2. The minimum Gasteiger partial charge on any atom is -0.481 e. The van der Waals surface area contributed by atoms with Crippen molar-refractivity contribution in [2.75, 3.05) is 0 Å². The summed E-state index contributed by atoms with van der Waals surface area (Å²) in [6.45, 7) is 2.48. The van der Waals surface area contributed by atoms with E-state index in [-0.39, 0.29) is 0 Å². The van der Waals surface area contributed by atoms with Crippen LogP contribution in [0.25, 0.3) is 0 Å². The zero-order valence-corrected chi connectivity index (χ0v) is 9.26. The van der Waals surface area contributed by atoms with Gasteiger partial charge in [-0.15, -0.1) is 11.3 Å². The van der Waals surface area contributed by atoms with Crippen LogP contribution in [0.15, 0.2) is 12.1 Å². The van der Waals surface area contributed by atoms with E-state index in [1.54, 1.807) is 11.3 Å². The van der Waals surface area contributed by atoms with E-state index in [0.717, 1.165) is 11.3 Å². The van der Waals surface area contributed by atoms with Crippen molar-refractivity contribution in [1.29, 1.82) is 0 Å². The Kier molecular flexibility index (Phi) is 4.30. The van der Waals surface area contributed by atoms with E-state index in [1.165, 1.54) is 4.88 Å². The van der Waals surface area contributed by atoms with Gasteiger partial charge in [0.15, 0.2) is 0 Å². The molecular weight excluding hydrogens is 214 g/mol. The highest BCUT2D eigenvalue weighted by Gasteiger charge is 2.07. The largest absolute Gasteiger partial charge is 0.481 e. The molecule has 4 nitrogen and oxygen atoms in total. The molecule has 15 heavy (non-hydrogen) atoms. The first-order valence-electron chi connectivity index (χ1n) is 4.68. The molecule has 0 fully saturated rings. The molecule has 1 heterocycles. The molecule has 0 bridgehead atoms. The van der Waals surface area contributed by atoms with Gasteiger partial charge in [0, 0.05) is 9.75 Å². The second kappa shape index (κ2) is 5.50. The Balaban J connectivity index is 2.36. The van der Waals surface area contributed by atoms with Crippen molar-refractivity contribution >= 4 is 23.2 Å². The van der Waals surface area contributed by atoms with E-state index < -0.39 is 18.3 Å². The van der Waals surface area contributed by atoms with E-state index in [4.69, 9.17) is 5.11 Å². The minimum atomic E-state index is -1.10. The summed E-state index contributed by atoms with van der Waals surface area (Å²) in [5, 5.41) is 10.9. The van der Waals surface area contributed by atoms with Crippen molar-refractivity contribution in [2.24, 2.45) is 0 Å². The Bertz CT molecular complexity index is 359. The summed E-state index contributed by atoms with van der Waals surface area (Å²) in [6.07, 6.45) is 0.514. The van der Waals surface area contributed by atoms with Gasteiger partial charge in [0.1, 0.15) is 6.42 Å². The number of aliphatic carboxylic acids is 1. The summed E-state index contributed by atoms with van der Waals surface area (Å²) in [6, 6.07) is 3.97. The molecule has 0 saturated carbocycles. The number of amides is 1. The molecule has 0 aromatic carbocycles. The maximum atomic E-state index is 11.0. The Labute approximate surface area is 91.9 Å². The predicted molar refractivity (Wildman–Crippen MR) is 57.8 cm³/mol. The molecule has 1 aromatic heterocycles. The van der Waals surface area contributed by atoms with Gasteiger partial charge in [-0.25, -0.2) is 0 Å². The van der Waals surface area contributed by atoms with E-state index in [1.807, 2.05) is 12.1 Å². The zero-order chi connectivity index (χ0) is 11.3. The number of carbonyl (C=O) groups is 2. The van der Waals surface area contributed by atoms with Crippen LogP contribution in [0.3, 0.4) is 0 Å². The number of carboxylic acid groups (broad SMARTS) is 1. The van der Waals surface area contributed by atoms with Crippen molar-refractivity contribution in [2.45, 2.75) is 26.3 Å². The van der Waals surface area contributed by atoms with Crippen LogP contribution in [0.2, 0.25) is 0 Å². The second-order valence-corrected chi connectivity index (χ2v) is 4.32. The van der Waals surface area contributed by atoms with Crippen LogP contribution < -0.4 is 5.32 Å². The van der Waals surface area contributed by atoms with E-state index in [9.17, 15) is 9.59 Å². The molecule has 0 aliphatic heterocycles. The quantitative estimate of drug-likeness (QED) is 0.747. The third kappa shape index (κ3) is 4.12. The summed E-state index contributed by atoms with van der Waals surface area (Å²) in [4.78, 5) is 23.5. The first kappa shape index (κ1) is 11.7. The normalized spacial score (nSPS) is 9.93. The first-order valence-corrected chi connectivity index (χ1v) is 5.49. The van der Waals surface area contributed by atoms with E-state index in [2.05, 4.69) is 12.2 Å². The van der Waals surface area contributed by atoms with Gasteiger partial charge in [-0.2, -0.15) is 0 Å². The lowest BCUT2D eigenvalue weighted by Crippen LogP contribution is -2.24. The summed E-state index contributed by atoms with van der Waals surface area (Å²) in [7, 11) is 0. The second-order valence-electron chi connectivity index (χ2n) is 3.07. The third-order valence-electron chi connectivity index (χ3n) is 1.84. The summed E-state index contributed by atoms with van der Waals surface area (Å²) in [5.41, 5.74) is 0. The Morgan fingerprint density at radius 2 is 2.07 bits per heavy atom. The van der Waals surface area contributed by atoms with Gasteiger partial charge in [-0.3, -0.25) is 9.59 Å². The van der Waals surface area contributed by atoms with Crippen LogP contribution in [0, 0.1) is 0 Å². The summed E-state index contributed by atoms with van der Waals surface area (Å²) in [5.74, 6) is -1.55. The number of rotatable bonds is 5. The summed E-state index contributed by atoms with van der Waals surface area (Å²) >= 11 is 1.63. The smallest absolute Gasteiger partial charge is 0.312 e. The average Bonchev–Trinajstić information content (AvgIpc) is 2.61. The number of thiophene rings is 1. The zero-order valence-electron chi connectivity index (χ0n) is 8.45. The molecule has 1 aromatic rings. The maximum absolute atomic E-state index is 11.0. The molecule has 0 atom stereocenters. The molecule has 0 spiro atoms. The minimum absolute atomic E-state index is 0.413. The Morgan fingerprint density at radius 1 is 1.40 bits per heavy atom. The third-order valence-corrected chi connectivity index (χ3v) is 3.07. The number of hydrogen-bond acceptors (Lipinski definition) is 3. The molecule has 1 rings (SSSR count). The highest BCUT2D eigenvalue weighted by molar-refractivity contribution is 7.11. The first-order chi connectivity index (χ1) is 7.11. The topological polar surface area (TPSA) is 66.4 Å². The number of aryl methyl sites for hydroxylation is 1. The number of nitrogens with one attached hydrogen (secondary N) is 1. The van der Waals surface area contributed by atoms with Gasteiger partial charge < -0.3 is 10.4 Å². The molecule has 82 valence electrons. The van der Waals surface area contributed by atoms with Crippen molar-refractivity contribution in [1.82, 2.24) is 5.32 Å². The predicted octanol–water partition coefficient (Wildman–Crippen LogP) is 1.40. The van der Waals surface area contributed by atoms with Crippen molar-refractivity contribution < 1.29 is 14.7 Å². The van der Waals surface area contributed by atoms with Gasteiger partial charge in [-0.1, -0.05) is 6.92 Å². The van der Waals surface area contributed by atoms with Crippen LogP contribution >= 0.6 is 11.3 Å². The van der Waals surface area contributed by atoms with E-state index >= 15 is 0 Å². The molecule has 0 radical (unpaired) electrons. The molecular formula is C10H13NO3S. The van der Waals surface area contributed by atoms with Gasteiger partial charge in [0.2, 0.25) is 5.91 Å². The maximum Gasteiger partial charge on any atom is 0.312 e. The van der Waals surface area contributed by atoms with Crippen LogP contribution in [0.4, 0.5) is 0 Å². The SMILES string of the molecule is CCc1ccc(CNC(=O)CC(=O)O)s1. The lowest BCUT2D eigenvalue weighted by atomic mass is 10.3. The molecule has 0 aliphatic carbocycles. The molecule has 1 amide bonds. The van der Waals surface area contributed by atoms with Gasteiger partial charge in [0.25, 0.3) is 0 Å². The lowest BCUT2D eigenvalue weighted by molar-refractivity contribution is -0.140. The highest BCUT2D eigenvalue weighted by atomic mass is 32.1. The fourth-order valence-corrected chi connectivity index (χ4v) is 1.99. The number of carbonyl (C=O) groups excluding carboxylic acids is 1. The van der Waals surface area contributed by atoms with Crippen LogP contribution in [-0.4, -0.2) is 17.0 Å². The monoisotopic (exact) mass is 227 g/mol. The highest BCUT2D eigenvalue weighted by Crippen LogP contribution is 2.16. The van der Waals surface area contributed by atoms with Crippen molar-refractivity contribution in [3.8, 4) is 0 Å².